The fraction of sp³-hybridized carbons (Fsp3) is 0.385. The van der Waals surface area contributed by atoms with Crippen molar-refractivity contribution in [1.29, 1.82) is 0 Å². The van der Waals surface area contributed by atoms with Crippen LogP contribution in [0.15, 0.2) is 18.2 Å². The Balaban J connectivity index is 2.52. The van der Waals surface area contributed by atoms with Gasteiger partial charge in [-0.15, -0.1) is 0 Å². The van der Waals surface area contributed by atoms with Crippen molar-refractivity contribution in [2.24, 2.45) is 5.73 Å². The van der Waals surface area contributed by atoms with Crippen molar-refractivity contribution in [1.82, 2.24) is 0 Å². The van der Waals surface area contributed by atoms with E-state index in [1.54, 1.807) is 0 Å². The molecule has 5 heteroatoms. The second kappa shape index (κ2) is 6.05. The van der Waals surface area contributed by atoms with Gasteiger partial charge in [0.1, 0.15) is 5.75 Å². The van der Waals surface area contributed by atoms with Gasteiger partial charge in [0, 0.05) is 0 Å². The van der Waals surface area contributed by atoms with Crippen LogP contribution in [0.5, 0.6) is 5.75 Å². The van der Waals surface area contributed by atoms with E-state index in [4.69, 9.17) is 15.2 Å². The zero-order chi connectivity index (χ0) is 13.7. The lowest BCUT2D eigenvalue weighted by atomic mass is 10.1. The number of rotatable bonds is 5. The van der Waals surface area contributed by atoms with Crippen molar-refractivity contribution in [3.63, 3.8) is 0 Å². The van der Waals surface area contributed by atoms with Gasteiger partial charge in [-0.1, -0.05) is 12.1 Å². The summed E-state index contributed by atoms with van der Waals surface area (Å²) in [4.78, 5) is 22.1. The number of primary amides is 1. The number of hydrogen-bond donors (Lipinski definition) is 1. The standard InChI is InChI=1S/C13H17NO4/c1-8-4-5-9(2)11(6-8)17-7-12(15)18-10(3)13(14)16/h4-6,10H,7H2,1-3H3,(H2,14,16)/t10-/m0/s1. The molecular formula is C13H17NO4. The van der Waals surface area contributed by atoms with E-state index in [9.17, 15) is 9.59 Å². The lowest BCUT2D eigenvalue weighted by molar-refractivity contribution is -0.155. The molecule has 0 saturated carbocycles. The minimum atomic E-state index is -0.945. The highest BCUT2D eigenvalue weighted by molar-refractivity contribution is 5.82. The molecule has 0 aliphatic rings. The van der Waals surface area contributed by atoms with Crippen LogP contribution < -0.4 is 10.5 Å². The molecule has 18 heavy (non-hydrogen) atoms. The first-order chi connectivity index (χ1) is 8.40. The summed E-state index contributed by atoms with van der Waals surface area (Å²) in [5.74, 6) is -0.684. The molecule has 0 aliphatic carbocycles. The number of amides is 1. The zero-order valence-electron chi connectivity index (χ0n) is 10.7. The third-order valence-electron chi connectivity index (χ3n) is 2.40. The van der Waals surface area contributed by atoms with Gasteiger partial charge >= 0.3 is 5.97 Å². The molecule has 0 radical (unpaired) electrons. The molecule has 1 amide bonds. The Labute approximate surface area is 106 Å². The SMILES string of the molecule is Cc1ccc(C)c(OCC(=O)O[C@@H](C)C(N)=O)c1. The van der Waals surface area contributed by atoms with E-state index in [1.165, 1.54) is 6.92 Å². The monoisotopic (exact) mass is 251 g/mol. The molecule has 0 aromatic heterocycles. The number of aryl methyl sites for hydroxylation is 2. The first kappa shape index (κ1) is 14.0. The summed E-state index contributed by atoms with van der Waals surface area (Å²) in [5.41, 5.74) is 6.94. The number of carbonyl (C=O) groups excluding carboxylic acids is 2. The summed E-state index contributed by atoms with van der Waals surface area (Å²) in [6, 6.07) is 5.69. The summed E-state index contributed by atoms with van der Waals surface area (Å²) in [6.45, 7) is 4.98. The Morgan fingerprint density at radius 2 is 2.00 bits per heavy atom. The zero-order valence-corrected chi connectivity index (χ0v) is 10.7. The van der Waals surface area contributed by atoms with Crippen LogP contribution in [0.25, 0.3) is 0 Å². The van der Waals surface area contributed by atoms with Gasteiger partial charge in [0.2, 0.25) is 0 Å². The largest absolute Gasteiger partial charge is 0.482 e. The average Bonchev–Trinajstić information content (AvgIpc) is 2.30. The van der Waals surface area contributed by atoms with Gasteiger partial charge < -0.3 is 15.2 Å². The first-order valence-electron chi connectivity index (χ1n) is 5.59. The molecule has 0 bridgehead atoms. The lowest BCUT2D eigenvalue weighted by Crippen LogP contribution is -2.32. The fourth-order valence-electron chi connectivity index (χ4n) is 1.29. The van der Waals surface area contributed by atoms with Crippen LogP contribution in [0.1, 0.15) is 18.1 Å². The van der Waals surface area contributed by atoms with Crippen molar-refractivity contribution >= 4 is 11.9 Å². The Bertz CT molecular complexity index is 456. The van der Waals surface area contributed by atoms with Crippen LogP contribution in [-0.2, 0) is 14.3 Å². The maximum atomic E-state index is 11.4. The van der Waals surface area contributed by atoms with E-state index in [-0.39, 0.29) is 6.61 Å². The second-order valence-corrected chi connectivity index (χ2v) is 4.09. The van der Waals surface area contributed by atoms with Gasteiger partial charge in [-0.2, -0.15) is 0 Å². The third kappa shape index (κ3) is 4.08. The van der Waals surface area contributed by atoms with Gasteiger partial charge in [-0.3, -0.25) is 4.79 Å². The minimum Gasteiger partial charge on any atom is -0.482 e. The van der Waals surface area contributed by atoms with E-state index in [0.29, 0.717) is 5.75 Å². The Hall–Kier alpha value is -2.04. The molecular weight excluding hydrogens is 234 g/mol. The maximum absolute atomic E-state index is 11.4. The molecule has 1 aromatic rings. The minimum absolute atomic E-state index is 0.248. The van der Waals surface area contributed by atoms with E-state index in [2.05, 4.69) is 0 Å². The predicted molar refractivity (Wildman–Crippen MR) is 66.2 cm³/mol. The molecule has 5 nitrogen and oxygen atoms in total. The van der Waals surface area contributed by atoms with E-state index >= 15 is 0 Å². The highest BCUT2D eigenvalue weighted by Gasteiger charge is 2.15. The van der Waals surface area contributed by atoms with Crippen LogP contribution in [-0.4, -0.2) is 24.6 Å². The van der Waals surface area contributed by atoms with Gasteiger partial charge in [-0.25, -0.2) is 4.79 Å². The molecule has 1 atom stereocenters. The quantitative estimate of drug-likeness (QED) is 0.795. The van der Waals surface area contributed by atoms with Crippen molar-refractivity contribution in [2.75, 3.05) is 6.61 Å². The summed E-state index contributed by atoms with van der Waals surface area (Å²) in [5, 5.41) is 0. The third-order valence-corrected chi connectivity index (χ3v) is 2.40. The van der Waals surface area contributed by atoms with E-state index in [1.807, 2.05) is 32.0 Å². The van der Waals surface area contributed by atoms with Crippen molar-refractivity contribution in [3.8, 4) is 5.75 Å². The molecule has 0 unspecified atom stereocenters. The molecule has 0 spiro atoms. The maximum Gasteiger partial charge on any atom is 0.344 e. The van der Waals surface area contributed by atoms with Gasteiger partial charge in [0.05, 0.1) is 0 Å². The number of nitrogens with two attached hydrogens (primary N) is 1. The smallest absolute Gasteiger partial charge is 0.344 e. The molecule has 1 aromatic carbocycles. The van der Waals surface area contributed by atoms with Crippen molar-refractivity contribution in [2.45, 2.75) is 26.9 Å². The molecule has 1 rings (SSSR count). The summed E-state index contributed by atoms with van der Waals surface area (Å²) >= 11 is 0. The molecule has 98 valence electrons. The van der Waals surface area contributed by atoms with Crippen molar-refractivity contribution in [3.05, 3.63) is 29.3 Å². The number of benzene rings is 1. The van der Waals surface area contributed by atoms with Crippen LogP contribution in [0.3, 0.4) is 0 Å². The Kier molecular flexibility index (Phi) is 4.71. The normalized spacial score (nSPS) is 11.7. The Morgan fingerprint density at radius 3 is 2.61 bits per heavy atom. The Morgan fingerprint density at radius 1 is 1.33 bits per heavy atom. The number of carbonyl (C=O) groups is 2. The van der Waals surface area contributed by atoms with Crippen LogP contribution >= 0.6 is 0 Å². The molecule has 0 saturated heterocycles. The fourth-order valence-corrected chi connectivity index (χ4v) is 1.29. The summed E-state index contributed by atoms with van der Waals surface area (Å²) < 4.78 is 10.1. The average molecular weight is 251 g/mol. The first-order valence-corrected chi connectivity index (χ1v) is 5.59. The predicted octanol–water partition coefficient (Wildman–Crippen LogP) is 1.10. The van der Waals surface area contributed by atoms with E-state index < -0.39 is 18.0 Å². The number of hydrogen-bond acceptors (Lipinski definition) is 4. The van der Waals surface area contributed by atoms with Crippen LogP contribution in [0.4, 0.5) is 0 Å². The number of ether oxygens (including phenoxy) is 2. The molecule has 0 fully saturated rings. The van der Waals surface area contributed by atoms with Crippen molar-refractivity contribution < 1.29 is 19.1 Å². The highest BCUT2D eigenvalue weighted by Crippen LogP contribution is 2.18. The van der Waals surface area contributed by atoms with Crippen LogP contribution in [0.2, 0.25) is 0 Å². The lowest BCUT2D eigenvalue weighted by Gasteiger charge is -2.12. The highest BCUT2D eigenvalue weighted by atomic mass is 16.6. The summed E-state index contributed by atoms with van der Waals surface area (Å²) in [6.07, 6.45) is -0.945. The van der Waals surface area contributed by atoms with Gasteiger partial charge in [-0.05, 0) is 38.0 Å². The van der Waals surface area contributed by atoms with Gasteiger partial charge in [0.25, 0.3) is 5.91 Å². The molecule has 2 N–H and O–H groups in total. The van der Waals surface area contributed by atoms with E-state index in [0.717, 1.165) is 11.1 Å². The topological polar surface area (TPSA) is 78.6 Å². The molecule has 0 heterocycles. The van der Waals surface area contributed by atoms with Gasteiger partial charge in [0.15, 0.2) is 12.7 Å². The number of esters is 1. The van der Waals surface area contributed by atoms with Crippen LogP contribution in [0, 0.1) is 13.8 Å². The molecule has 0 aliphatic heterocycles. The second-order valence-electron chi connectivity index (χ2n) is 4.09. The summed E-state index contributed by atoms with van der Waals surface area (Å²) in [7, 11) is 0.